The summed E-state index contributed by atoms with van der Waals surface area (Å²) < 4.78 is 0. The zero-order valence-electron chi connectivity index (χ0n) is 9.36. The van der Waals surface area contributed by atoms with E-state index in [1.165, 1.54) is 18.4 Å². The van der Waals surface area contributed by atoms with Gasteiger partial charge < -0.3 is 0 Å². The Morgan fingerprint density at radius 3 is 2.19 bits per heavy atom. The van der Waals surface area contributed by atoms with Crippen LogP contribution in [0.5, 0.6) is 0 Å². The average molecular weight is 212 g/mol. The number of carbonyl (C=O) groups is 1. The molecule has 1 nitrogen and oxygen atoms in total. The van der Waals surface area contributed by atoms with E-state index in [4.69, 9.17) is 0 Å². The molecule has 1 aromatic carbocycles. The van der Waals surface area contributed by atoms with Gasteiger partial charge in [0.25, 0.3) is 0 Å². The van der Waals surface area contributed by atoms with Gasteiger partial charge >= 0.3 is 0 Å². The molecule has 2 bridgehead atoms. The van der Waals surface area contributed by atoms with Gasteiger partial charge in [-0.1, -0.05) is 30.3 Å². The van der Waals surface area contributed by atoms with Crippen LogP contribution in [0, 0.1) is 11.8 Å². The molecule has 0 atom stereocenters. The van der Waals surface area contributed by atoms with E-state index in [9.17, 15) is 4.79 Å². The van der Waals surface area contributed by atoms with E-state index in [0.29, 0.717) is 17.6 Å². The Hall–Kier alpha value is -1.37. The summed E-state index contributed by atoms with van der Waals surface area (Å²) in [5.74, 6) is 1.30. The van der Waals surface area contributed by atoms with Crippen molar-refractivity contribution in [3.05, 3.63) is 41.5 Å². The Balaban J connectivity index is 1.95. The number of fused-ring (bicyclic) bond motifs is 3. The highest BCUT2D eigenvalue weighted by molar-refractivity contribution is 6.02. The van der Waals surface area contributed by atoms with Crippen molar-refractivity contribution in [3.63, 3.8) is 0 Å². The summed E-state index contributed by atoms with van der Waals surface area (Å²) >= 11 is 0. The van der Waals surface area contributed by atoms with Crippen LogP contribution in [-0.2, 0) is 4.79 Å². The van der Waals surface area contributed by atoms with Crippen LogP contribution in [0.4, 0.5) is 0 Å². The van der Waals surface area contributed by atoms with Crippen LogP contribution in [0.2, 0.25) is 0 Å². The fourth-order valence-corrected chi connectivity index (χ4v) is 3.02. The lowest BCUT2D eigenvalue weighted by molar-refractivity contribution is -0.123. The number of rotatable bonds is 1. The molecule has 0 N–H and O–H groups in total. The van der Waals surface area contributed by atoms with Gasteiger partial charge in [0.05, 0.1) is 0 Å². The quantitative estimate of drug-likeness (QED) is 0.651. The van der Waals surface area contributed by atoms with Gasteiger partial charge in [0.2, 0.25) is 0 Å². The lowest BCUT2D eigenvalue weighted by Gasteiger charge is -2.36. The maximum atomic E-state index is 12.1. The van der Waals surface area contributed by atoms with Crippen LogP contribution in [-0.4, -0.2) is 5.78 Å². The van der Waals surface area contributed by atoms with Crippen molar-refractivity contribution in [2.75, 3.05) is 0 Å². The predicted molar refractivity (Wildman–Crippen MR) is 64.9 cm³/mol. The Morgan fingerprint density at radius 1 is 0.938 bits per heavy atom. The van der Waals surface area contributed by atoms with Crippen molar-refractivity contribution in [2.45, 2.75) is 25.7 Å². The van der Waals surface area contributed by atoms with Gasteiger partial charge in [-0.05, 0) is 48.8 Å². The number of benzene rings is 1. The number of ketones is 1. The van der Waals surface area contributed by atoms with Gasteiger partial charge in [0, 0.05) is 5.92 Å². The van der Waals surface area contributed by atoms with Gasteiger partial charge in [-0.15, -0.1) is 0 Å². The van der Waals surface area contributed by atoms with Crippen molar-refractivity contribution in [1.82, 2.24) is 0 Å². The molecular formula is C15H16O. The monoisotopic (exact) mass is 212 g/mol. The summed E-state index contributed by atoms with van der Waals surface area (Å²) in [7, 11) is 0. The fourth-order valence-electron chi connectivity index (χ4n) is 3.02. The molecule has 3 fully saturated rings. The maximum absolute atomic E-state index is 12.1. The molecular weight excluding hydrogens is 196 g/mol. The van der Waals surface area contributed by atoms with Gasteiger partial charge in [-0.2, -0.15) is 0 Å². The molecule has 0 heterocycles. The maximum Gasteiger partial charge on any atom is 0.162 e. The Kier molecular flexibility index (Phi) is 2.39. The minimum absolute atomic E-state index is 0.333. The van der Waals surface area contributed by atoms with Crippen LogP contribution in [0.15, 0.2) is 35.9 Å². The third kappa shape index (κ3) is 1.60. The number of hydrogen-bond donors (Lipinski definition) is 0. The summed E-state index contributed by atoms with van der Waals surface area (Å²) in [6.07, 6.45) is 6.79. The molecule has 4 rings (SSSR count). The highest BCUT2D eigenvalue weighted by atomic mass is 16.1. The lowest BCUT2D eigenvalue weighted by Crippen LogP contribution is -2.33. The second-order valence-electron chi connectivity index (χ2n) is 4.92. The van der Waals surface area contributed by atoms with Crippen molar-refractivity contribution >= 4 is 11.9 Å². The van der Waals surface area contributed by atoms with E-state index in [2.05, 4.69) is 18.2 Å². The summed E-state index contributed by atoms with van der Waals surface area (Å²) in [5, 5.41) is 0. The SMILES string of the molecule is O=C1/C(=C/c2ccccc2)C2CCC1CC2. The molecule has 0 spiro atoms. The van der Waals surface area contributed by atoms with Crippen molar-refractivity contribution in [2.24, 2.45) is 11.8 Å². The highest BCUT2D eigenvalue weighted by Gasteiger charge is 2.37. The molecule has 0 saturated heterocycles. The molecule has 0 amide bonds. The van der Waals surface area contributed by atoms with Crippen LogP contribution in [0.1, 0.15) is 31.2 Å². The summed E-state index contributed by atoms with van der Waals surface area (Å²) in [6.45, 7) is 0. The van der Waals surface area contributed by atoms with E-state index in [0.717, 1.165) is 18.4 Å². The first-order chi connectivity index (χ1) is 7.84. The Bertz CT molecular complexity index is 422. The van der Waals surface area contributed by atoms with Crippen LogP contribution in [0.25, 0.3) is 6.08 Å². The molecule has 0 unspecified atom stereocenters. The average Bonchev–Trinajstić information content (AvgIpc) is 2.36. The molecule has 82 valence electrons. The first-order valence-corrected chi connectivity index (χ1v) is 6.15. The van der Waals surface area contributed by atoms with Crippen LogP contribution < -0.4 is 0 Å². The Labute approximate surface area is 96.2 Å². The topological polar surface area (TPSA) is 17.1 Å². The standard InChI is InChI=1S/C15H16O/c16-15-13-8-6-12(7-9-13)14(15)10-11-4-2-1-3-5-11/h1-5,10,12-13H,6-9H2/b14-10+. The van der Waals surface area contributed by atoms with Crippen LogP contribution in [0.3, 0.4) is 0 Å². The third-order valence-electron chi connectivity index (χ3n) is 3.94. The van der Waals surface area contributed by atoms with E-state index >= 15 is 0 Å². The molecule has 3 saturated carbocycles. The predicted octanol–water partition coefficient (Wildman–Crippen LogP) is 3.46. The van der Waals surface area contributed by atoms with Gasteiger partial charge in [0.1, 0.15) is 0 Å². The first kappa shape index (κ1) is 9.83. The molecule has 16 heavy (non-hydrogen) atoms. The fraction of sp³-hybridized carbons (Fsp3) is 0.400. The minimum atomic E-state index is 0.333. The van der Waals surface area contributed by atoms with Crippen molar-refractivity contribution < 1.29 is 4.79 Å². The lowest BCUT2D eigenvalue weighted by atomic mass is 9.67. The summed E-state index contributed by atoms with van der Waals surface area (Å²) in [4.78, 5) is 12.1. The molecule has 0 radical (unpaired) electrons. The zero-order chi connectivity index (χ0) is 11.0. The van der Waals surface area contributed by atoms with Gasteiger partial charge in [-0.3, -0.25) is 4.79 Å². The molecule has 3 aliphatic rings. The smallest absolute Gasteiger partial charge is 0.162 e. The Morgan fingerprint density at radius 2 is 1.56 bits per heavy atom. The van der Waals surface area contributed by atoms with Crippen LogP contribution >= 0.6 is 0 Å². The number of carbonyl (C=O) groups excluding carboxylic acids is 1. The number of allylic oxidation sites excluding steroid dienone is 1. The molecule has 3 aliphatic carbocycles. The van der Waals surface area contributed by atoms with Gasteiger partial charge in [-0.25, -0.2) is 0 Å². The molecule has 1 heteroatoms. The molecule has 0 aromatic heterocycles. The summed E-state index contributed by atoms with van der Waals surface area (Å²) in [6, 6.07) is 10.2. The first-order valence-electron chi connectivity index (χ1n) is 6.15. The number of hydrogen-bond acceptors (Lipinski definition) is 1. The van der Waals surface area contributed by atoms with Gasteiger partial charge in [0.15, 0.2) is 5.78 Å². The zero-order valence-corrected chi connectivity index (χ0v) is 9.36. The second kappa shape index (κ2) is 3.89. The minimum Gasteiger partial charge on any atom is -0.294 e. The van der Waals surface area contributed by atoms with E-state index in [1.54, 1.807) is 0 Å². The van der Waals surface area contributed by atoms with E-state index < -0.39 is 0 Å². The van der Waals surface area contributed by atoms with Crippen molar-refractivity contribution in [3.8, 4) is 0 Å². The van der Waals surface area contributed by atoms with Crippen molar-refractivity contribution in [1.29, 1.82) is 0 Å². The largest absolute Gasteiger partial charge is 0.294 e. The molecule has 1 aromatic rings. The highest BCUT2D eigenvalue weighted by Crippen LogP contribution is 2.42. The summed E-state index contributed by atoms with van der Waals surface area (Å²) in [5.41, 5.74) is 2.26. The second-order valence-corrected chi connectivity index (χ2v) is 4.92. The van der Waals surface area contributed by atoms with E-state index in [1.807, 2.05) is 18.2 Å². The number of Topliss-reactive ketones (excluding diaryl/α,β-unsaturated/α-hetero) is 1. The van der Waals surface area contributed by atoms with E-state index in [-0.39, 0.29) is 0 Å². The molecule has 0 aliphatic heterocycles. The third-order valence-corrected chi connectivity index (χ3v) is 3.94. The normalized spacial score (nSPS) is 31.0.